The summed E-state index contributed by atoms with van der Waals surface area (Å²) in [5.74, 6) is -0.363. The van der Waals surface area contributed by atoms with Gasteiger partial charge in [0.1, 0.15) is 42.1 Å². The summed E-state index contributed by atoms with van der Waals surface area (Å²) in [6.07, 6.45) is 7.73. The summed E-state index contributed by atoms with van der Waals surface area (Å²) < 4.78 is 16.4. The van der Waals surface area contributed by atoms with Crippen molar-refractivity contribution in [2.24, 2.45) is 0 Å². The second kappa shape index (κ2) is 6.47. The Balaban J connectivity index is 2.06. The first-order chi connectivity index (χ1) is 11.1. The maximum absolute atomic E-state index is 13.3. The van der Waals surface area contributed by atoms with Crippen LogP contribution in [0.3, 0.4) is 0 Å². The summed E-state index contributed by atoms with van der Waals surface area (Å²) in [6, 6.07) is 5.76. The van der Waals surface area contributed by atoms with Crippen LogP contribution in [0.15, 0.2) is 49.6 Å². The van der Waals surface area contributed by atoms with E-state index in [1.54, 1.807) is 16.8 Å². The van der Waals surface area contributed by atoms with Gasteiger partial charge < -0.3 is 5.11 Å². The fraction of sp³-hybridized carbons (Fsp3) is 0.286. The van der Waals surface area contributed by atoms with Crippen molar-refractivity contribution in [3.63, 3.8) is 0 Å². The average Bonchev–Trinajstić information content (AvgIpc) is 3.22. The van der Waals surface area contributed by atoms with Crippen LogP contribution in [-0.4, -0.2) is 40.9 Å². The first kappa shape index (κ1) is 15.6. The number of rotatable bonds is 6. The summed E-state index contributed by atoms with van der Waals surface area (Å²) in [7, 11) is 0. The predicted molar refractivity (Wildman–Crippen MR) is 82.9 cm³/mol. The van der Waals surface area contributed by atoms with Crippen molar-refractivity contribution in [3.05, 3.63) is 61.0 Å². The van der Waals surface area contributed by atoms with Gasteiger partial charge >= 0.3 is 0 Å². The molecule has 2 aromatic heterocycles. The number of halogens is 1. The lowest BCUT2D eigenvalue weighted by Crippen LogP contribution is -2.40. The number of hydrogen-bond donors (Lipinski definition) is 1. The lowest BCUT2D eigenvalue weighted by Gasteiger charge is -2.35. The molecule has 2 atom stereocenters. The Morgan fingerprint density at radius 3 is 2.43 bits per heavy atom. The maximum Gasteiger partial charge on any atom is 0.141 e. The molecule has 2 heterocycles. The lowest BCUT2D eigenvalue weighted by atomic mass is 9.93. The average molecular weight is 334 g/mol. The highest BCUT2D eigenvalue weighted by molar-refractivity contribution is 7.98. The topological polar surface area (TPSA) is 81.6 Å². The second-order valence-electron chi connectivity index (χ2n) is 4.99. The van der Waals surface area contributed by atoms with E-state index in [-0.39, 0.29) is 12.4 Å². The van der Waals surface area contributed by atoms with Crippen LogP contribution in [0.1, 0.15) is 10.9 Å². The largest absolute Gasteiger partial charge is 0.380 e. The Hall–Kier alpha value is -2.26. The molecular weight excluding hydrogens is 319 g/mol. The van der Waals surface area contributed by atoms with Crippen molar-refractivity contribution >= 4 is 11.8 Å². The number of aromatic nitrogens is 6. The van der Waals surface area contributed by atoms with Crippen LogP contribution in [0.4, 0.5) is 4.39 Å². The molecule has 3 aromatic rings. The van der Waals surface area contributed by atoms with Gasteiger partial charge in [0.05, 0.1) is 6.54 Å². The highest BCUT2D eigenvalue weighted by atomic mass is 32.2. The van der Waals surface area contributed by atoms with Crippen LogP contribution in [0.5, 0.6) is 0 Å². The third-order valence-electron chi connectivity index (χ3n) is 3.52. The van der Waals surface area contributed by atoms with Gasteiger partial charge in [-0.2, -0.15) is 10.2 Å². The van der Waals surface area contributed by atoms with Gasteiger partial charge in [0.25, 0.3) is 0 Å². The van der Waals surface area contributed by atoms with E-state index in [2.05, 4.69) is 20.2 Å². The van der Waals surface area contributed by atoms with Crippen LogP contribution in [0, 0.1) is 5.82 Å². The molecule has 0 saturated carbocycles. The summed E-state index contributed by atoms with van der Waals surface area (Å²) in [6.45, 7) is 0.143. The van der Waals surface area contributed by atoms with E-state index >= 15 is 0 Å². The number of hydrogen-bond acceptors (Lipinski definition) is 6. The number of nitrogens with zero attached hydrogens (tertiary/aromatic N) is 6. The Bertz CT molecular complexity index is 733. The van der Waals surface area contributed by atoms with Gasteiger partial charge in [-0.25, -0.2) is 23.7 Å². The molecule has 0 saturated heterocycles. The van der Waals surface area contributed by atoms with E-state index in [0.717, 1.165) is 0 Å². The van der Waals surface area contributed by atoms with Crippen molar-refractivity contribution < 1.29 is 9.50 Å². The van der Waals surface area contributed by atoms with Gasteiger partial charge in [0.2, 0.25) is 0 Å². The zero-order chi connectivity index (χ0) is 16.3. The molecule has 0 bridgehead atoms. The molecule has 9 heteroatoms. The first-order valence-electron chi connectivity index (χ1n) is 6.81. The lowest BCUT2D eigenvalue weighted by molar-refractivity contribution is -0.00918. The molecule has 120 valence electrons. The zero-order valence-corrected chi connectivity index (χ0v) is 13.1. The molecule has 3 rings (SSSR count). The van der Waals surface area contributed by atoms with Gasteiger partial charge in [-0.05, 0) is 24.0 Å². The number of benzene rings is 1. The molecule has 7 nitrogen and oxygen atoms in total. The molecular formula is C14H15FN6OS. The van der Waals surface area contributed by atoms with Crippen molar-refractivity contribution in [2.45, 2.75) is 17.5 Å². The van der Waals surface area contributed by atoms with E-state index in [9.17, 15) is 9.50 Å². The minimum Gasteiger partial charge on any atom is -0.380 e. The summed E-state index contributed by atoms with van der Waals surface area (Å²) >= 11 is 1.41. The molecule has 0 unspecified atom stereocenters. The molecule has 0 spiro atoms. The van der Waals surface area contributed by atoms with Crippen LogP contribution < -0.4 is 0 Å². The molecule has 0 fully saturated rings. The summed E-state index contributed by atoms with van der Waals surface area (Å²) in [5, 5.41) is 19.2. The molecule has 0 aliphatic heterocycles. The highest BCUT2D eigenvalue weighted by Crippen LogP contribution is 2.40. The molecule has 0 aliphatic carbocycles. The predicted octanol–water partition coefficient (Wildman–Crippen LogP) is 1.46. The van der Waals surface area contributed by atoms with Gasteiger partial charge in [-0.15, -0.1) is 11.8 Å². The number of aliphatic hydroxyl groups is 1. The second-order valence-corrected chi connectivity index (χ2v) is 5.91. The normalized spacial score (nSPS) is 15.3. The maximum atomic E-state index is 13.3. The molecule has 1 N–H and O–H groups in total. The van der Waals surface area contributed by atoms with E-state index < -0.39 is 11.0 Å². The minimum absolute atomic E-state index is 0.143. The van der Waals surface area contributed by atoms with E-state index in [1.807, 2.05) is 6.26 Å². The third kappa shape index (κ3) is 3.10. The summed E-state index contributed by atoms with van der Waals surface area (Å²) in [5.41, 5.74) is -0.821. The first-order valence-corrected chi connectivity index (χ1v) is 8.10. The van der Waals surface area contributed by atoms with Crippen molar-refractivity contribution in [1.29, 1.82) is 0 Å². The van der Waals surface area contributed by atoms with Gasteiger partial charge in [-0.1, -0.05) is 12.1 Å². The third-order valence-corrected chi connectivity index (χ3v) is 4.57. The van der Waals surface area contributed by atoms with Crippen molar-refractivity contribution in [3.8, 4) is 0 Å². The van der Waals surface area contributed by atoms with Crippen LogP contribution in [0.25, 0.3) is 0 Å². The van der Waals surface area contributed by atoms with Gasteiger partial charge in [0, 0.05) is 0 Å². The Labute approximate surface area is 136 Å². The van der Waals surface area contributed by atoms with Crippen molar-refractivity contribution in [2.75, 3.05) is 6.26 Å². The minimum atomic E-state index is -1.38. The fourth-order valence-electron chi connectivity index (χ4n) is 2.47. The molecule has 23 heavy (non-hydrogen) atoms. The quantitative estimate of drug-likeness (QED) is 0.735. The SMILES string of the molecule is CS[C@@H](n1cncn1)[C@](O)(Cn1cncn1)c1ccc(F)cc1. The monoisotopic (exact) mass is 334 g/mol. The van der Waals surface area contributed by atoms with Gasteiger partial charge in [-0.3, -0.25) is 0 Å². The smallest absolute Gasteiger partial charge is 0.141 e. The fourth-order valence-corrected chi connectivity index (χ4v) is 3.40. The van der Waals surface area contributed by atoms with Crippen LogP contribution >= 0.6 is 11.8 Å². The molecule has 1 aromatic carbocycles. The highest BCUT2D eigenvalue weighted by Gasteiger charge is 2.41. The molecule has 0 amide bonds. The Morgan fingerprint density at radius 2 is 1.87 bits per heavy atom. The molecule has 0 radical (unpaired) electrons. The summed E-state index contributed by atoms with van der Waals surface area (Å²) in [4.78, 5) is 7.84. The standard InChI is InChI=1S/C14H15FN6OS/c1-23-13(21-10-17-8-19-21)14(22,6-20-9-16-7-18-20)11-2-4-12(15)5-3-11/h2-5,7-10,13,22H,6H2,1H3/t13-,14+/m1/s1. The van der Waals surface area contributed by atoms with E-state index in [1.165, 1.54) is 53.9 Å². The Kier molecular flexibility index (Phi) is 4.39. The Morgan fingerprint density at radius 1 is 1.17 bits per heavy atom. The van der Waals surface area contributed by atoms with Crippen LogP contribution in [0.2, 0.25) is 0 Å². The van der Waals surface area contributed by atoms with E-state index in [0.29, 0.717) is 5.56 Å². The molecule has 0 aliphatic rings. The van der Waals surface area contributed by atoms with Gasteiger partial charge in [0.15, 0.2) is 0 Å². The number of thioether (sulfide) groups is 1. The zero-order valence-electron chi connectivity index (χ0n) is 12.3. The van der Waals surface area contributed by atoms with Crippen molar-refractivity contribution in [1.82, 2.24) is 29.5 Å². The van der Waals surface area contributed by atoms with Crippen LogP contribution in [-0.2, 0) is 12.1 Å². The van der Waals surface area contributed by atoms with E-state index in [4.69, 9.17) is 0 Å².